The largest absolute Gasteiger partial charge is 0.379 e. The summed E-state index contributed by atoms with van der Waals surface area (Å²) < 4.78 is 44.8. The molecule has 0 atom stereocenters. The molecule has 0 aromatic heterocycles. The number of ether oxygens (including phenoxy) is 1. The van der Waals surface area contributed by atoms with Crippen molar-refractivity contribution in [3.8, 4) is 0 Å². The van der Waals surface area contributed by atoms with Crippen LogP contribution in [0.4, 0.5) is 4.39 Å². The van der Waals surface area contributed by atoms with Gasteiger partial charge in [-0.15, -0.1) is 0 Å². The van der Waals surface area contributed by atoms with Gasteiger partial charge in [0.1, 0.15) is 5.82 Å². The van der Waals surface area contributed by atoms with Crippen molar-refractivity contribution in [2.45, 2.75) is 31.3 Å². The highest BCUT2D eigenvalue weighted by atomic mass is 79.9. The van der Waals surface area contributed by atoms with Gasteiger partial charge in [-0.25, -0.2) is 17.5 Å². The minimum absolute atomic E-state index is 0.0266. The summed E-state index contributed by atoms with van der Waals surface area (Å²) in [4.78, 5) is 0.0266. The fourth-order valence-electron chi connectivity index (χ4n) is 1.37. The Balaban J connectivity index is 2.56. The number of rotatable bonds is 7. The summed E-state index contributed by atoms with van der Waals surface area (Å²) >= 11 is 3.04. The fraction of sp³-hybridized carbons (Fsp3) is 0.500. The molecule has 7 heteroatoms. The van der Waals surface area contributed by atoms with Crippen molar-refractivity contribution in [2.75, 3.05) is 13.2 Å². The highest BCUT2D eigenvalue weighted by molar-refractivity contribution is 9.10. The summed E-state index contributed by atoms with van der Waals surface area (Å²) in [5.41, 5.74) is 0. The summed E-state index contributed by atoms with van der Waals surface area (Å²) in [5, 5.41) is 0. The lowest BCUT2D eigenvalue weighted by atomic mass is 10.3. The number of hydrogen-bond acceptors (Lipinski definition) is 3. The zero-order valence-corrected chi connectivity index (χ0v) is 13.2. The maximum atomic E-state index is 12.9. The quantitative estimate of drug-likeness (QED) is 0.766. The van der Waals surface area contributed by atoms with Crippen LogP contribution in [0.5, 0.6) is 0 Å². The van der Waals surface area contributed by atoms with Crippen LogP contribution in [0.25, 0.3) is 0 Å². The minimum Gasteiger partial charge on any atom is -0.379 e. The second-order valence-electron chi connectivity index (χ2n) is 4.25. The maximum absolute atomic E-state index is 12.9. The summed E-state index contributed by atoms with van der Waals surface area (Å²) in [7, 11) is -3.63. The predicted octanol–water partition coefficient (Wildman–Crippen LogP) is 2.68. The standard InChI is InChI=1S/C12H17BrFNO3S/c1-9(2)18-7-3-6-15-19(16,17)12-5-4-10(14)8-11(12)13/h4-5,8-9,15H,3,6-7H2,1-2H3. The zero-order valence-electron chi connectivity index (χ0n) is 10.8. The normalized spacial score (nSPS) is 12.1. The van der Waals surface area contributed by atoms with Crippen LogP contribution in [0.15, 0.2) is 27.6 Å². The molecular formula is C12H17BrFNO3S. The first-order chi connectivity index (χ1) is 8.83. The molecule has 0 saturated carbocycles. The van der Waals surface area contributed by atoms with Gasteiger partial charge in [0.05, 0.1) is 11.0 Å². The third kappa shape index (κ3) is 5.56. The minimum atomic E-state index is -3.63. The first-order valence-electron chi connectivity index (χ1n) is 5.89. The van der Waals surface area contributed by atoms with Gasteiger partial charge in [-0.2, -0.15) is 0 Å². The van der Waals surface area contributed by atoms with Gasteiger partial charge in [-0.05, 0) is 54.4 Å². The van der Waals surface area contributed by atoms with E-state index >= 15 is 0 Å². The molecule has 19 heavy (non-hydrogen) atoms. The van der Waals surface area contributed by atoms with E-state index in [2.05, 4.69) is 20.7 Å². The highest BCUT2D eigenvalue weighted by Crippen LogP contribution is 2.22. The second-order valence-corrected chi connectivity index (χ2v) is 6.84. The van der Waals surface area contributed by atoms with Crippen LogP contribution in [-0.4, -0.2) is 27.7 Å². The molecule has 108 valence electrons. The molecule has 0 aliphatic heterocycles. The molecule has 0 amide bonds. The smallest absolute Gasteiger partial charge is 0.241 e. The number of hydrogen-bond donors (Lipinski definition) is 1. The Labute approximate surface area is 121 Å². The molecule has 0 saturated heterocycles. The van der Waals surface area contributed by atoms with E-state index in [1.807, 2.05) is 13.8 Å². The summed E-state index contributed by atoms with van der Waals surface area (Å²) in [6, 6.07) is 3.46. The van der Waals surface area contributed by atoms with E-state index in [1.54, 1.807) is 0 Å². The van der Waals surface area contributed by atoms with Crippen LogP contribution < -0.4 is 4.72 Å². The number of benzene rings is 1. The third-order valence-electron chi connectivity index (χ3n) is 2.25. The summed E-state index contributed by atoms with van der Waals surface area (Å²) in [5.74, 6) is -0.490. The first kappa shape index (κ1) is 16.6. The maximum Gasteiger partial charge on any atom is 0.241 e. The molecule has 0 spiro atoms. The van der Waals surface area contributed by atoms with Gasteiger partial charge in [-0.3, -0.25) is 0 Å². The monoisotopic (exact) mass is 353 g/mol. The van der Waals surface area contributed by atoms with Crippen molar-refractivity contribution in [2.24, 2.45) is 0 Å². The molecule has 0 fully saturated rings. The lowest BCUT2D eigenvalue weighted by molar-refractivity contribution is 0.0778. The van der Waals surface area contributed by atoms with Gasteiger partial charge in [0.15, 0.2) is 0 Å². The van der Waals surface area contributed by atoms with Gasteiger partial charge in [0.25, 0.3) is 0 Å². The van der Waals surface area contributed by atoms with E-state index < -0.39 is 15.8 Å². The molecule has 1 N–H and O–H groups in total. The van der Waals surface area contributed by atoms with E-state index in [0.717, 1.165) is 12.1 Å². The van der Waals surface area contributed by atoms with E-state index in [1.165, 1.54) is 6.07 Å². The van der Waals surface area contributed by atoms with E-state index in [9.17, 15) is 12.8 Å². The molecular weight excluding hydrogens is 337 g/mol. The van der Waals surface area contributed by atoms with Crippen LogP contribution in [0.3, 0.4) is 0 Å². The van der Waals surface area contributed by atoms with Crippen molar-refractivity contribution >= 4 is 26.0 Å². The Morgan fingerprint density at radius 1 is 1.42 bits per heavy atom. The Morgan fingerprint density at radius 3 is 2.68 bits per heavy atom. The molecule has 1 rings (SSSR count). The van der Waals surface area contributed by atoms with Gasteiger partial charge in [0.2, 0.25) is 10.0 Å². The van der Waals surface area contributed by atoms with Crippen LogP contribution in [0, 0.1) is 5.82 Å². The van der Waals surface area contributed by atoms with Crippen molar-refractivity contribution in [1.82, 2.24) is 4.72 Å². The molecule has 0 unspecified atom stereocenters. The molecule has 4 nitrogen and oxygen atoms in total. The molecule has 0 bridgehead atoms. The summed E-state index contributed by atoms with van der Waals surface area (Å²) in [6.45, 7) is 4.60. The number of nitrogens with one attached hydrogen (secondary N) is 1. The Morgan fingerprint density at radius 2 is 2.11 bits per heavy atom. The van der Waals surface area contributed by atoms with E-state index in [0.29, 0.717) is 13.0 Å². The average Bonchev–Trinajstić information content (AvgIpc) is 2.27. The zero-order chi connectivity index (χ0) is 14.5. The molecule has 1 aromatic carbocycles. The first-order valence-corrected chi connectivity index (χ1v) is 8.17. The summed E-state index contributed by atoms with van der Waals surface area (Å²) in [6.07, 6.45) is 0.707. The lowest BCUT2D eigenvalue weighted by Gasteiger charge is -2.10. The van der Waals surface area contributed by atoms with Crippen LogP contribution in [0.2, 0.25) is 0 Å². The van der Waals surface area contributed by atoms with Gasteiger partial charge < -0.3 is 4.74 Å². The van der Waals surface area contributed by atoms with Crippen molar-refractivity contribution in [1.29, 1.82) is 0 Å². The molecule has 1 aromatic rings. The van der Waals surface area contributed by atoms with Gasteiger partial charge >= 0.3 is 0 Å². The van der Waals surface area contributed by atoms with Crippen molar-refractivity contribution in [3.63, 3.8) is 0 Å². The molecule has 0 radical (unpaired) electrons. The van der Waals surface area contributed by atoms with Crippen molar-refractivity contribution < 1.29 is 17.5 Å². The molecule has 0 aliphatic rings. The molecule has 0 aliphatic carbocycles. The third-order valence-corrected chi connectivity index (χ3v) is 4.69. The second kappa shape index (κ2) is 7.33. The highest BCUT2D eigenvalue weighted by Gasteiger charge is 2.17. The predicted molar refractivity (Wildman–Crippen MR) is 75.0 cm³/mol. The number of sulfonamides is 1. The average molecular weight is 354 g/mol. The van der Waals surface area contributed by atoms with Crippen LogP contribution >= 0.6 is 15.9 Å². The lowest BCUT2D eigenvalue weighted by Crippen LogP contribution is -2.26. The Hall–Kier alpha value is -0.500. The van der Waals surface area contributed by atoms with Gasteiger partial charge in [-0.1, -0.05) is 0 Å². The van der Waals surface area contributed by atoms with Gasteiger partial charge in [0, 0.05) is 17.6 Å². The van der Waals surface area contributed by atoms with Crippen LogP contribution in [0.1, 0.15) is 20.3 Å². The Bertz CT molecular complexity index is 520. The topological polar surface area (TPSA) is 55.4 Å². The van der Waals surface area contributed by atoms with Crippen molar-refractivity contribution in [3.05, 3.63) is 28.5 Å². The molecule has 0 heterocycles. The SMILES string of the molecule is CC(C)OCCCNS(=O)(=O)c1ccc(F)cc1Br. The van der Waals surface area contributed by atoms with E-state index in [4.69, 9.17) is 4.74 Å². The van der Waals surface area contributed by atoms with E-state index in [-0.39, 0.29) is 22.0 Å². The fourth-order valence-corrected chi connectivity index (χ4v) is 3.49. The van der Waals surface area contributed by atoms with Crippen LogP contribution in [-0.2, 0) is 14.8 Å². The number of halogens is 2. The Kier molecular flexibility index (Phi) is 6.38.